The average Bonchev–Trinajstić information content (AvgIpc) is 2.76. The Hall–Kier alpha value is -2.57. The number of fused-ring (bicyclic) bond motifs is 1. The highest BCUT2D eigenvalue weighted by atomic mass is 31.2. The molecule has 1 unspecified atom stereocenters. The van der Waals surface area contributed by atoms with E-state index >= 15 is 0 Å². The quantitative estimate of drug-likeness (QED) is 0.373. The average molecular weight is 428 g/mol. The molecule has 0 saturated heterocycles. The zero-order chi connectivity index (χ0) is 21.4. The number of unbranched alkanes of at least 4 members (excludes halogenated alkanes) is 1. The van der Waals surface area contributed by atoms with Gasteiger partial charge in [0.1, 0.15) is 0 Å². The van der Waals surface area contributed by atoms with Crippen molar-refractivity contribution in [2.45, 2.75) is 19.3 Å². The van der Waals surface area contributed by atoms with Gasteiger partial charge in [-0.3, -0.25) is 18.8 Å². The van der Waals surface area contributed by atoms with Crippen LogP contribution in [0.3, 0.4) is 0 Å². The van der Waals surface area contributed by atoms with E-state index in [1.165, 1.54) is 0 Å². The minimum absolute atomic E-state index is 0.0875. The van der Waals surface area contributed by atoms with Gasteiger partial charge < -0.3 is 10.2 Å². The molecule has 1 heterocycles. The number of hydrogen-bond donors (Lipinski definition) is 2. The van der Waals surface area contributed by atoms with E-state index < -0.39 is 7.82 Å². The molecule has 1 aromatic heterocycles. The highest BCUT2D eigenvalue weighted by molar-refractivity contribution is 7.47. The molecule has 30 heavy (non-hydrogen) atoms. The third-order valence-corrected chi connectivity index (χ3v) is 5.62. The maximum absolute atomic E-state index is 12.5. The van der Waals surface area contributed by atoms with Crippen molar-refractivity contribution in [1.82, 2.24) is 10.3 Å². The van der Waals surface area contributed by atoms with Gasteiger partial charge in [-0.25, -0.2) is 4.57 Å². The van der Waals surface area contributed by atoms with Gasteiger partial charge >= 0.3 is 7.82 Å². The van der Waals surface area contributed by atoms with Gasteiger partial charge in [0.2, 0.25) is 5.91 Å². The molecule has 0 aliphatic carbocycles. The van der Waals surface area contributed by atoms with Crippen molar-refractivity contribution < 1.29 is 23.3 Å². The number of aromatic nitrogens is 1. The maximum Gasteiger partial charge on any atom is 0.471 e. The SMILES string of the molecule is COP(=O)(O)OCCCCNC(=O)Cc1cnc2ccccc2c1-c1ccccc1. The lowest BCUT2D eigenvalue weighted by molar-refractivity contribution is -0.120. The molecule has 7 nitrogen and oxygen atoms in total. The molecule has 0 aliphatic heterocycles. The number of benzene rings is 2. The van der Waals surface area contributed by atoms with Crippen LogP contribution in [0.15, 0.2) is 60.8 Å². The highest BCUT2D eigenvalue weighted by Crippen LogP contribution is 2.41. The molecule has 8 heteroatoms. The zero-order valence-corrected chi connectivity index (χ0v) is 17.7. The first-order chi connectivity index (χ1) is 14.5. The van der Waals surface area contributed by atoms with Crippen molar-refractivity contribution >= 4 is 24.6 Å². The van der Waals surface area contributed by atoms with Crippen LogP contribution >= 0.6 is 7.82 Å². The molecule has 2 N–H and O–H groups in total. The van der Waals surface area contributed by atoms with Crippen LogP contribution in [0.5, 0.6) is 0 Å². The molecule has 0 fully saturated rings. The van der Waals surface area contributed by atoms with E-state index in [-0.39, 0.29) is 18.9 Å². The minimum atomic E-state index is -3.94. The molecule has 0 spiro atoms. The van der Waals surface area contributed by atoms with Gasteiger partial charge in [-0.1, -0.05) is 48.5 Å². The Balaban J connectivity index is 1.63. The third kappa shape index (κ3) is 5.97. The second kappa shape index (κ2) is 10.5. The molecule has 3 aromatic rings. The maximum atomic E-state index is 12.5. The summed E-state index contributed by atoms with van der Waals surface area (Å²) in [6.45, 7) is 0.539. The predicted molar refractivity (Wildman–Crippen MR) is 116 cm³/mol. The Morgan fingerprint density at radius 3 is 2.60 bits per heavy atom. The van der Waals surface area contributed by atoms with Crippen molar-refractivity contribution in [2.24, 2.45) is 0 Å². The molecular weight excluding hydrogens is 403 g/mol. The Morgan fingerprint density at radius 1 is 1.10 bits per heavy atom. The number of pyridine rings is 1. The molecule has 0 bridgehead atoms. The molecule has 0 saturated carbocycles. The van der Waals surface area contributed by atoms with E-state index in [0.29, 0.717) is 19.4 Å². The fourth-order valence-corrected chi connectivity index (χ4v) is 3.65. The molecule has 0 aliphatic rings. The second-order valence-electron chi connectivity index (χ2n) is 6.76. The minimum Gasteiger partial charge on any atom is -0.356 e. The van der Waals surface area contributed by atoms with E-state index in [0.717, 1.165) is 34.7 Å². The van der Waals surface area contributed by atoms with Crippen molar-refractivity contribution in [3.8, 4) is 11.1 Å². The van der Waals surface area contributed by atoms with Crippen LogP contribution in [0, 0.1) is 0 Å². The van der Waals surface area contributed by atoms with Gasteiger partial charge in [0, 0.05) is 25.2 Å². The lowest BCUT2D eigenvalue weighted by atomic mass is 9.95. The lowest BCUT2D eigenvalue weighted by Gasteiger charge is -2.13. The van der Waals surface area contributed by atoms with Crippen LogP contribution in [-0.2, 0) is 24.8 Å². The summed E-state index contributed by atoms with van der Waals surface area (Å²) in [7, 11) is -2.82. The lowest BCUT2D eigenvalue weighted by Crippen LogP contribution is -2.26. The summed E-state index contributed by atoms with van der Waals surface area (Å²) in [6, 6.07) is 17.9. The standard InChI is InChI=1S/C22H25N2O5P/c1-28-30(26,27)29-14-8-7-13-23-21(25)15-18-16-24-20-12-6-5-11-19(20)22(18)17-9-3-2-4-10-17/h2-6,9-12,16H,7-8,13-15H2,1H3,(H,23,25)(H,26,27). The number of carbonyl (C=O) groups excluding carboxylic acids is 1. The molecular formula is C22H25N2O5P. The second-order valence-corrected chi connectivity index (χ2v) is 8.32. The molecule has 3 rings (SSSR count). The van der Waals surface area contributed by atoms with Crippen molar-refractivity contribution in [3.63, 3.8) is 0 Å². The number of para-hydroxylation sites is 1. The number of phosphoric ester groups is 1. The van der Waals surface area contributed by atoms with Gasteiger partial charge in [-0.15, -0.1) is 0 Å². The number of phosphoric acid groups is 1. The summed E-state index contributed by atoms with van der Waals surface area (Å²) in [6.07, 6.45) is 3.13. The Labute approximate surface area is 175 Å². The summed E-state index contributed by atoms with van der Waals surface area (Å²) < 4.78 is 20.3. The van der Waals surface area contributed by atoms with Gasteiger partial charge in [0.15, 0.2) is 0 Å². The third-order valence-electron chi connectivity index (χ3n) is 4.65. The van der Waals surface area contributed by atoms with E-state index in [9.17, 15) is 9.36 Å². The number of hydrogen-bond acceptors (Lipinski definition) is 5. The summed E-state index contributed by atoms with van der Waals surface area (Å²) in [5.74, 6) is -0.102. The number of nitrogens with one attached hydrogen (secondary N) is 1. The Bertz CT molecular complexity index is 1040. The first-order valence-corrected chi connectivity index (χ1v) is 11.2. The number of carbonyl (C=O) groups is 1. The summed E-state index contributed by atoms with van der Waals surface area (Å²) in [5, 5.41) is 3.90. The first kappa shape index (κ1) is 22.1. The van der Waals surface area contributed by atoms with E-state index in [2.05, 4.69) is 14.8 Å². The van der Waals surface area contributed by atoms with Gasteiger partial charge in [0.05, 0.1) is 18.5 Å². The fourth-order valence-electron chi connectivity index (χ4n) is 3.19. The predicted octanol–water partition coefficient (Wildman–Crippen LogP) is 4.10. The number of nitrogens with zero attached hydrogens (tertiary/aromatic N) is 1. The molecule has 1 atom stereocenters. The van der Waals surface area contributed by atoms with E-state index in [1.54, 1.807) is 6.20 Å². The van der Waals surface area contributed by atoms with Crippen LogP contribution in [0.4, 0.5) is 0 Å². The number of amides is 1. The van der Waals surface area contributed by atoms with Crippen LogP contribution in [0.25, 0.3) is 22.0 Å². The van der Waals surface area contributed by atoms with Gasteiger partial charge in [0.25, 0.3) is 0 Å². The molecule has 0 radical (unpaired) electrons. The van der Waals surface area contributed by atoms with Gasteiger partial charge in [-0.05, 0) is 35.6 Å². The largest absolute Gasteiger partial charge is 0.471 e. The van der Waals surface area contributed by atoms with Gasteiger partial charge in [-0.2, -0.15) is 0 Å². The number of rotatable bonds is 10. The van der Waals surface area contributed by atoms with Crippen molar-refractivity contribution in [1.29, 1.82) is 0 Å². The topological polar surface area (TPSA) is 97.8 Å². The summed E-state index contributed by atoms with van der Waals surface area (Å²) in [5.41, 5.74) is 3.81. The van der Waals surface area contributed by atoms with Crippen LogP contribution in [0.1, 0.15) is 18.4 Å². The monoisotopic (exact) mass is 428 g/mol. The zero-order valence-electron chi connectivity index (χ0n) is 16.8. The Kier molecular flexibility index (Phi) is 7.71. The van der Waals surface area contributed by atoms with E-state index in [4.69, 9.17) is 9.42 Å². The van der Waals surface area contributed by atoms with Crippen LogP contribution in [0.2, 0.25) is 0 Å². The normalized spacial score (nSPS) is 13.1. The van der Waals surface area contributed by atoms with Crippen LogP contribution in [-0.4, -0.2) is 36.0 Å². The van der Waals surface area contributed by atoms with Crippen LogP contribution < -0.4 is 5.32 Å². The Morgan fingerprint density at radius 2 is 1.83 bits per heavy atom. The summed E-state index contributed by atoms with van der Waals surface area (Å²) >= 11 is 0. The van der Waals surface area contributed by atoms with E-state index in [1.807, 2.05) is 54.6 Å². The first-order valence-electron chi connectivity index (χ1n) is 9.72. The van der Waals surface area contributed by atoms with Crippen molar-refractivity contribution in [2.75, 3.05) is 20.3 Å². The fraction of sp³-hybridized carbons (Fsp3) is 0.273. The summed E-state index contributed by atoms with van der Waals surface area (Å²) in [4.78, 5) is 26.2. The smallest absolute Gasteiger partial charge is 0.356 e. The highest BCUT2D eigenvalue weighted by Gasteiger charge is 2.17. The molecule has 2 aromatic carbocycles. The van der Waals surface area contributed by atoms with Crippen molar-refractivity contribution in [3.05, 3.63) is 66.4 Å². The molecule has 1 amide bonds. The molecule has 158 valence electrons.